The summed E-state index contributed by atoms with van der Waals surface area (Å²) in [6.07, 6.45) is -2.50. The van der Waals surface area contributed by atoms with E-state index in [2.05, 4.69) is 0 Å². The van der Waals surface area contributed by atoms with Gasteiger partial charge in [-0.2, -0.15) is 0 Å². The van der Waals surface area contributed by atoms with Crippen LogP contribution in [0.2, 0.25) is 0 Å². The molecule has 4 N–H and O–H groups in total. The fourth-order valence-corrected chi connectivity index (χ4v) is 2.02. The maximum atomic E-state index is 10.8. The van der Waals surface area contributed by atoms with Crippen LogP contribution in [0.4, 0.5) is 0 Å². The molecule has 1 amide bonds. The number of aliphatic hydroxyl groups is 2. The van der Waals surface area contributed by atoms with Gasteiger partial charge in [0.1, 0.15) is 18.5 Å². The van der Waals surface area contributed by atoms with E-state index in [1.54, 1.807) is 24.3 Å². The Balaban J connectivity index is 1.98. The summed E-state index contributed by atoms with van der Waals surface area (Å²) in [7, 11) is 0. The third kappa shape index (κ3) is 4.58. The summed E-state index contributed by atoms with van der Waals surface area (Å²) in [5, 5.41) is 19.4. The molecular formula is C17H19NO4. The van der Waals surface area contributed by atoms with E-state index in [1.807, 2.05) is 30.3 Å². The lowest BCUT2D eigenvalue weighted by molar-refractivity contribution is -0.127. The van der Waals surface area contributed by atoms with Crippen molar-refractivity contribution < 1.29 is 19.7 Å². The maximum Gasteiger partial charge on any atom is 0.246 e. The van der Waals surface area contributed by atoms with E-state index >= 15 is 0 Å². The van der Waals surface area contributed by atoms with Crippen LogP contribution in [-0.2, 0) is 11.4 Å². The van der Waals surface area contributed by atoms with Crippen LogP contribution in [-0.4, -0.2) is 22.2 Å². The van der Waals surface area contributed by atoms with Gasteiger partial charge in [0, 0.05) is 6.42 Å². The third-order valence-corrected chi connectivity index (χ3v) is 3.27. The van der Waals surface area contributed by atoms with Gasteiger partial charge in [-0.1, -0.05) is 42.5 Å². The summed E-state index contributed by atoms with van der Waals surface area (Å²) in [6.45, 7) is 0.421. The highest BCUT2D eigenvalue weighted by atomic mass is 16.5. The van der Waals surface area contributed by atoms with Gasteiger partial charge in [0.25, 0.3) is 0 Å². The Morgan fingerprint density at radius 3 is 2.50 bits per heavy atom. The van der Waals surface area contributed by atoms with Gasteiger partial charge in [0.15, 0.2) is 0 Å². The summed E-state index contributed by atoms with van der Waals surface area (Å²) in [5.74, 6) is -0.246. The number of rotatable bonds is 7. The van der Waals surface area contributed by atoms with Crippen LogP contribution >= 0.6 is 0 Å². The second-order valence-corrected chi connectivity index (χ2v) is 5.02. The highest BCUT2D eigenvalue weighted by Crippen LogP contribution is 2.23. The number of benzene rings is 2. The van der Waals surface area contributed by atoms with E-state index in [4.69, 9.17) is 10.5 Å². The number of aliphatic hydroxyl groups excluding tert-OH is 2. The monoisotopic (exact) mass is 301 g/mol. The second-order valence-electron chi connectivity index (χ2n) is 5.02. The summed E-state index contributed by atoms with van der Waals surface area (Å²) in [5.41, 5.74) is 6.58. The molecule has 0 aliphatic rings. The standard InChI is InChI=1S/C17H19NO4/c18-17(21)16(20)10-15(19)13-7-4-8-14(9-13)22-11-12-5-2-1-3-6-12/h1-9,15-16,19-20H,10-11H2,(H2,18,21). The van der Waals surface area contributed by atoms with Gasteiger partial charge < -0.3 is 20.7 Å². The summed E-state index contributed by atoms with van der Waals surface area (Å²) in [6, 6.07) is 16.6. The molecule has 5 heteroatoms. The smallest absolute Gasteiger partial charge is 0.246 e. The lowest BCUT2D eigenvalue weighted by Gasteiger charge is -2.15. The van der Waals surface area contributed by atoms with Crippen molar-refractivity contribution in [2.75, 3.05) is 0 Å². The molecule has 22 heavy (non-hydrogen) atoms. The zero-order valence-corrected chi connectivity index (χ0v) is 12.1. The van der Waals surface area contributed by atoms with Crippen molar-refractivity contribution in [3.63, 3.8) is 0 Å². The van der Waals surface area contributed by atoms with Gasteiger partial charge in [0.2, 0.25) is 5.91 Å². The highest BCUT2D eigenvalue weighted by Gasteiger charge is 2.18. The molecule has 0 saturated carbocycles. The Labute approximate surface area is 129 Å². The van der Waals surface area contributed by atoms with Crippen molar-refractivity contribution in [3.8, 4) is 5.75 Å². The van der Waals surface area contributed by atoms with Crippen molar-refractivity contribution in [2.45, 2.75) is 25.2 Å². The molecule has 2 rings (SSSR count). The largest absolute Gasteiger partial charge is 0.489 e. The predicted molar refractivity (Wildman–Crippen MR) is 82.0 cm³/mol. The molecule has 0 bridgehead atoms. The Kier molecular flexibility index (Phi) is 5.52. The van der Waals surface area contributed by atoms with Crippen molar-refractivity contribution in [1.82, 2.24) is 0 Å². The molecule has 2 aromatic carbocycles. The molecule has 2 aromatic rings. The quantitative estimate of drug-likeness (QED) is 0.723. The average molecular weight is 301 g/mol. The van der Waals surface area contributed by atoms with Crippen LogP contribution in [0.25, 0.3) is 0 Å². The van der Waals surface area contributed by atoms with Gasteiger partial charge in [-0.05, 0) is 23.3 Å². The van der Waals surface area contributed by atoms with E-state index in [0.717, 1.165) is 5.56 Å². The van der Waals surface area contributed by atoms with E-state index in [0.29, 0.717) is 17.9 Å². The number of ether oxygens (including phenoxy) is 1. The second kappa shape index (κ2) is 7.59. The Hall–Kier alpha value is -2.37. The zero-order chi connectivity index (χ0) is 15.9. The number of nitrogens with two attached hydrogens (primary N) is 1. The lowest BCUT2D eigenvalue weighted by atomic mass is 10.0. The first-order valence-corrected chi connectivity index (χ1v) is 6.98. The molecule has 0 radical (unpaired) electrons. The molecule has 5 nitrogen and oxygen atoms in total. The van der Waals surface area contributed by atoms with Gasteiger partial charge >= 0.3 is 0 Å². The maximum absolute atomic E-state index is 10.8. The first-order valence-electron chi connectivity index (χ1n) is 6.98. The molecule has 116 valence electrons. The van der Waals surface area contributed by atoms with Crippen LogP contribution in [0.5, 0.6) is 5.75 Å². The molecule has 0 heterocycles. The number of hydrogen-bond donors (Lipinski definition) is 3. The number of carbonyl (C=O) groups is 1. The van der Waals surface area contributed by atoms with Gasteiger partial charge in [-0.15, -0.1) is 0 Å². The number of amides is 1. The van der Waals surface area contributed by atoms with Crippen molar-refractivity contribution in [2.24, 2.45) is 5.73 Å². The van der Waals surface area contributed by atoms with E-state index in [-0.39, 0.29) is 6.42 Å². The molecule has 2 atom stereocenters. The zero-order valence-electron chi connectivity index (χ0n) is 12.1. The topological polar surface area (TPSA) is 92.8 Å². The van der Waals surface area contributed by atoms with Gasteiger partial charge in [-0.25, -0.2) is 0 Å². The van der Waals surface area contributed by atoms with Crippen molar-refractivity contribution >= 4 is 5.91 Å². The fourth-order valence-electron chi connectivity index (χ4n) is 2.02. The lowest BCUT2D eigenvalue weighted by Crippen LogP contribution is -2.29. The molecule has 0 aliphatic carbocycles. The normalized spacial score (nSPS) is 13.4. The Morgan fingerprint density at radius 2 is 1.82 bits per heavy atom. The summed E-state index contributed by atoms with van der Waals surface area (Å²) >= 11 is 0. The molecule has 0 aliphatic heterocycles. The summed E-state index contributed by atoms with van der Waals surface area (Å²) < 4.78 is 5.67. The van der Waals surface area contributed by atoms with Crippen LogP contribution in [0.3, 0.4) is 0 Å². The van der Waals surface area contributed by atoms with Gasteiger partial charge in [-0.3, -0.25) is 4.79 Å². The minimum atomic E-state index is -1.37. The molecule has 2 unspecified atom stereocenters. The predicted octanol–water partition coefficient (Wildman–Crippen LogP) is 1.54. The van der Waals surface area contributed by atoms with E-state index in [1.165, 1.54) is 0 Å². The Bertz CT molecular complexity index is 615. The first-order chi connectivity index (χ1) is 10.6. The fraction of sp³-hybridized carbons (Fsp3) is 0.235. The van der Waals surface area contributed by atoms with Crippen LogP contribution in [0.15, 0.2) is 54.6 Å². The van der Waals surface area contributed by atoms with Crippen LogP contribution in [0, 0.1) is 0 Å². The number of primary amides is 1. The van der Waals surface area contributed by atoms with Crippen LogP contribution < -0.4 is 10.5 Å². The molecule has 0 fully saturated rings. The minimum Gasteiger partial charge on any atom is -0.489 e. The SMILES string of the molecule is NC(=O)C(O)CC(O)c1cccc(OCc2ccccc2)c1. The molecule has 0 aromatic heterocycles. The molecule has 0 spiro atoms. The first kappa shape index (κ1) is 16.0. The average Bonchev–Trinajstić information content (AvgIpc) is 2.54. The Morgan fingerprint density at radius 1 is 1.09 bits per heavy atom. The molecule has 0 saturated heterocycles. The third-order valence-electron chi connectivity index (χ3n) is 3.27. The van der Waals surface area contributed by atoms with Gasteiger partial charge in [0.05, 0.1) is 6.10 Å². The van der Waals surface area contributed by atoms with E-state index in [9.17, 15) is 15.0 Å². The minimum absolute atomic E-state index is 0.141. The van der Waals surface area contributed by atoms with Crippen molar-refractivity contribution in [1.29, 1.82) is 0 Å². The number of hydrogen-bond acceptors (Lipinski definition) is 4. The summed E-state index contributed by atoms with van der Waals surface area (Å²) in [4.78, 5) is 10.8. The van der Waals surface area contributed by atoms with E-state index < -0.39 is 18.1 Å². The number of carbonyl (C=O) groups excluding carboxylic acids is 1. The molecular weight excluding hydrogens is 282 g/mol. The van der Waals surface area contributed by atoms with Crippen molar-refractivity contribution in [3.05, 3.63) is 65.7 Å². The highest BCUT2D eigenvalue weighted by molar-refractivity contribution is 5.78. The van der Waals surface area contributed by atoms with Crippen LogP contribution in [0.1, 0.15) is 23.7 Å².